The topological polar surface area (TPSA) is 17.1 Å². The van der Waals surface area contributed by atoms with Crippen LogP contribution in [0.2, 0.25) is 5.02 Å². The maximum atomic E-state index is 11.9. The van der Waals surface area contributed by atoms with Crippen LogP contribution in [0.3, 0.4) is 0 Å². The van der Waals surface area contributed by atoms with E-state index in [1.54, 1.807) is 0 Å². The van der Waals surface area contributed by atoms with Gasteiger partial charge in [-0.1, -0.05) is 23.7 Å². The van der Waals surface area contributed by atoms with E-state index in [2.05, 4.69) is 0 Å². The first-order valence-corrected chi connectivity index (χ1v) is 3.66. The Bertz CT molecular complexity index is 332. The molecule has 70 valence electrons. The van der Waals surface area contributed by atoms with Crippen LogP contribution in [0.4, 0.5) is 13.2 Å². The Morgan fingerprint density at radius 1 is 1.31 bits per heavy atom. The molecule has 0 aromatic heterocycles. The molecule has 1 aromatic carbocycles. The largest absolute Gasteiger partial charge is 0.454 e. The number of benzene rings is 1. The second-order valence-electron chi connectivity index (χ2n) is 2.34. The predicted octanol–water partition coefficient (Wildman–Crippen LogP) is 3.08. The molecule has 0 unspecified atom stereocenters. The van der Waals surface area contributed by atoms with Gasteiger partial charge in [-0.15, -0.1) is 0 Å². The molecule has 0 radical (unpaired) electrons. The number of carbonyl (C=O) groups excluding carboxylic acids is 1. The maximum absolute atomic E-state index is 11.9. The van der Waals surface area contributed by atoms with Crippen molar-refractivity contribution in [2.75, 3.05) is 0 Å². The summed E-state index contributed by atoms with van der Waals surface area (Å²) in [7, 11) is 0. The number of halogens is 4. The molecular formula is C8H4ClF3O. The molecule has 0 aliphatic heterocycles. The van der Waals surface area contributed by atoms with Gasteiger partial charge in [0.15, 0.2) is 0 Å². The van der Waals surface area contributed by atoms with Crippen molar-refractivity contribution in [2.24, 2.45) is 0 Å². The van der Waals surface area contributed by atoms with E-state index in [-0.39, 0.29) is 5.02 Å². The molecule has 0 N–H and O–H groups in total. The number of hydrogen-bond donors (Lipinski definition) is 0. The summed E-state index contributed by atoms with van der Waals surface area (Å²) in [6.07, 6.45) is -4.84. The standard InChI is InChI=1S/C8H4ClF3O/c9-6-3-1-2-5(4-6)7(13)8(10,11)12/h1-4H. The van der Waals surface area contributed by atoms with Crippen LogP contribution in [0.15, 0.2) is 24.3 Å². The highest BCUT2D eigenvalue weighted by Crippen LogP contribution is 2.22. The lowest BCUT2D eigenvalue weighted by Gasteiger charge is -2.04. The van der Waals surface area contributed by atoms with Crippen LogP contribution in [-0.4, -0.2) is 12.0 Å². The summed E-state index contributed by atoms with van der Waals surface area (Å²) < 4.78 is 35.6. The average Bonchev–Trinajstić information content (AvgIpc) is 2.01. The molecule has 0 aliphatic rings. The number of alkyl halides is 3. The first kappa shape index (κ1) is 10.1. The third-order valence-corrected chi connectivity index (χ3v) is 1.58. The molecule has 0 amide bonds. The fourth-order valence-corrected chi connectivity index (χ4v) is 0.984. The van der Waals surface area contributed by atoms with Gasteiger partial charge in [0, 0.05) is 10.6 Å². The second-order valence-corrected chi connectivity index (χ2v) is 2.77. The van der Waals surface area contributed by atoms with Crippen LogP contribution in [-0.2, 0) is 0 Å². The molecular weight excluding hydrogens is 205 g/mol. The SMILES string of the molecule is O=C(c1cccc(Cl)c1)C(F)(F)F. The maximum Gasteiger partial charge on any atom is 0.454 e. The predicted molar refractivity (Wildman–Crippen MR) is 41.8 cm³/mol. The minimum atomic E-state index is -4.84. The lowest BCUT2D eigenvalue weighted by molar-refractivity contribution is -0.0885. The second kappa shape index (κ2) is 3.38. The molecule has 0 atom stereocenters. The molecule has 0 spiro atoms. The summed E-state index contributed by atoms with van der Waals surface area (Å²) >= 11 is 5.42. The molecule has 1 nitrogen and oxygen atoms in total. The Kier molecular flexibility index (Phi) is 2.61. The van der Waals surface area contributed by atoms with Gasteiger partial charge in [-0.05, 0) is 12.1 Å². The smallest absolute Gasteiger partial charge is 0.284 e. The molecule has 0 fully saturated rings. The van der Waals surface area contributed by atoms with Gasteiger partial charge in [0.05, 0.1) is 0 Å². The van der Waals surface area contributed by atoms with E-state index in [4.69, 9.17) is 11.6 Å². The fraction of sp³-hybridized carbons (Fsp3) is 0.125. The van der Waals surface area contributed by atoms with Crippen molar-refractivity contribution < 1.29 is 18.0 Å². The number of Topliss-reactive ketones (excluding diaryl/α,β-unsaturated/α-hetero) is 1. The Balaban J connectivity index is 3.03. The fourth-order valence-electron chi connectivity index (χ4n) is 0.793. The van der Waals surface area contributed by atoms with Gasteiger partial charge in [0.2, 0.25) is 0 Å². The molecule has 13 heavy (non-hydrogen) atoms. The summed E-state index contributed by atoms with van der Waals surface area (Å²) in [5.41, 5.74) is -0.444. The van der Waals surface area contributed by atoms with Crippen molar-refractivity contribution in [1.82, 2.24) is 0 Å². The van der Waals surface area contributed by atoms with Crippen LogP contribution >= 0.6 is 11.6 Å². The lowest BCUT2D eigenvalue weighted by atomic mass is 10.1. The van der Waals surface area contributed by atoms with Crippen LogP contribution in [0.1, 0.15) is 10.4 Å². The van der Waals surface area contributed by atoms with E-state index in [1.807, 2.05) is 0 Å². The third-order valence-electron chi connectivity index (χ3n) is 1.34. The molecule has 0 saturated carbocycles. The van der Waals surface area contributed by atoms with Gasteiger partial charge in [-0.2, -0.15) is 13.2 Å². The van der Waals surface area contributed by atoms with Crippen molar-refractivity contribution in [1.29, 1.82) is 0 Å². The van der Waals surface area contributed by atoms with Crippen molar-refractivity contribution in [3.05, 3.63) is 34.9 Å². The molecule has 5 heteroatoms. The Morgan fingerprint density at radius 3 is 2.38 bits per heavy atom. The minimum Gasteiger partial charge on any atom is -0.284 e. The van der Waals surface area contributed by atoms with Crippen molar-refractivity contribution in [3.63, 3.8) is 0 Å². The van der Waals surface area contributed by atoms with E-state index in [9.17, 15) is 18.0 Å². The number of carbonyl (C=O) groups is 1. The van der Waals surface area contributed by atoms with E-state index in [1.165, 1.54) is 12.1 Å². The van der Waals surface area contributed by atoms with Gasteiger partial charge in [0.1, 0.15) is 0 Å². The van der Waals surface area contributed by atoms with Gasteiger partial charge in [-0.3, -0.25) is 4.79 Å². The third kappa shape index (κ3) is 2.45. The monoisotopic (exact) mass is 208 g/mol. The highest BCUT2D eigenvalue weighted by molar-refractivity contribution is 6.31. The van der Waals surface area contributed by atoms with E-state index in [0.29, 0.717) is 0 Å². The summed E-state index contributed by atoms with van der Waals surface area (Å²) in [5.74, 6) is -1.88. The molecule has 0 saturated heterocycles. The van der Waals surface area contributed by atoms with Gasteiger partial charge in [0.25, 0.3) is 5.78 Å². The van der Waals surface area contributed by atoms with E-state index < -0.39 is 17.5 Å². The Labute approximate surface area is 77.1 Å². The van der Waals surface area contributed by atoms with Gasteiger partial charge < -0.3 is 0 Å². The van der Waals surface area contributed by atoms with Crippen molar-refractivity contribution in [3.8, 4) is 0 Å². The summed E-state index contributed by atoms with van der Waals surface area (Å²) in [6, 6.07) is 4.75. The minimum absolute atomic E-state index is 0.107. The normalized spacial score (nSPS) is 11.4. The van der Waals surface area contributed by atoms with Gasteiger partial charge in [-0.25, -0.2) is 0 Å². The zero-order valence-corrected chi connectivity index (χ0v) is 6.99. The molecule has 1 aromatic rings. The zero-order chi connectivity index (χ0) is 10.1. The number of hydrogen-bond acceptors (Lipinski definition) is 1. The zero-order valence-electron chi connectivity index (χ0n) is 6.23. The highest BCUT2D eigenvalue weighted by Gasteiger charge is 2.39. The first-order chi connectivity index (χ1) is 5.91. The van der Waals surface area contributed by atoms with Crippen LogP contribution in [0, 0.1) is 0 Å². The molecule has 0 aliphatic carbocycles. The van der Waals surface area contributed by atoms with Crippen molar-refractivity contribution >= 4 is 17.4 Å². The molecule has 0 bridgehead atoms. The number of ketones is 1. The van der Waals surface area contributed by atoms with Crippen LogP contribution < -0.4 is 0 Å². The Hall–Kier alpha value is -1.03. The van der Waals surface area contributed by atoms with Crippen molar-refractivity contribution in [2.45, 2.75) is 6.18 Å². The molecule has 1 rings (SSSR count). The number of rotatable bonds is 1. The Morgan fingerprint density at radius 2 is 1.92 bits per heavy atom. The lowest BCUT2D eigenvalue weighted by Crippen LogP contribution is -2.22. The van der Waals surface area contributed by atoms with E-state index in [0.717, 1.165) is 12.1 Å². The summed E-state index contributed by atoms with van der Waals surface area (Å²) in [6.45, 7) is 0. The van der Waals surface area contributed by atoms with Gasteiger partial charge >= 0.3 is 6.18 Å². The quantitative estimate of drug-likeness (QED) is 0.648. The average molecular weight is 209 g/mol. The summed E-state index contributed by atoms with van der Waals surface area (Å²) in [4.78, 5) is 10.6. The molecule has 0 heterocycles. The van der Waals surface area contributed by atoms with Crippen LogP contribution in [0.25, 0.3) is 0 Å². The van der Waals surface area contributed by atoms with Crippen LogP contribution in [0.5, 0.6) is 0 Å². The highest BCUT2D eigenvalue weighted by atomic mass is 35.5. The first-order valence-electron chi connectivity index (χ1n) is 3.28. The van der Waals surface area contributed by atoms with E-state index >= 15 is 0 Å². The summed E-state index contributed by atoms with van der Waals surface area (Å²) in [5, 5.41) is 0.107.